The summed E-state index contributed by atoms with van der Waals surface area (Å²) in [5, 5.41) is 15.7. The third-order valence-electron chi connectivity index (χ3n) is 3.68. The minimum Gasteiger partial charge on any atom is -0.481 e. The zero-order valence-corrected chi connectivity index (χ0v) is 14.2. The van der Waals surface area contributed by atoms with Crippen LogP contribution in [0.2, 0.25) is 0 Å². The molecule has 0 spiro atoms. The Morgan fingerprint density at radius 1 is 1.31 bits per heavy atom. The molecule has 1 aromatic carbocycles. The van der Waals surface area contributed by atoms with Crippen LogP contribution in [0.1, 0.15) is 18.1 Å². The number of nitriles is 1. The van der Waals surface area contributed by atoms with Gasteiger partial charge in [0.2, 0.25) is 0 Å². The number of rotatable bonds is 6. The molecule has 0 aliphatic rings. The SMILES string of the molecule is C[C@H](Oc1ccc(C#N)cc1)C(=O)NCc1ccc(-n2cccn2)nc1. The molecule has 1 N–H and O–H groups in total. The Labute approximate surface area is 150 Å². The van der Waals surface area contributed by atoms with Gasteiger partial charge in [0.05, 0.1) is 11.6 Å². The van der Waals surface area contributed by atoms with E-state index in [4.69, 9.17) is 10.00 Å². The molecule has 7 nitrogen and oxygen atoms in total. The highest BCUT2D eigenvalue weighted by atomic mass is 16.5. The average Bonchev–Trinajstić information content (AvgIpc) is 3.22. The summed E-state index contributed by atoms with van der Waals surface area (Å²) in [4.78, 5) is 16.5. The molecule has 0 fully saturated rings. The molecule has 2 aromatic heterocycles. The molecular formula is C19H17N5O2. The van der Waals surface area contributed by atoms with E-state index in [-0.39, 0.29) is 5.91 Å². The molecular weight excluding hydrogens is 330 g/mol. The number of pyridine rings is 1. The van der Waals surface area contributed by atoms with Crippen LogP contribution in [0.5, 0.6) is 5.75 Å². The van der Waals surface area contributed by atoms with Crippen molar-refractivity contribution in [3.05, 3.63) is 72.2 Å². The second-order valence-corrected chi connectivity index (χ2v) is 5.59. The number of hydrogen-bond acceptors (Lipinski definition) is 5. The number of carbonyl (C=O) groups is 1. The lowest BCUT2D eigenvalue weighted by Crippen LogP contribution is -2.35. The van der Waals surface area contributed by atoms with Gasteiger partial charge in [-0.1, -0.05) is 6.07 Å². The Hall–Kier alpha value is -3.66. The standard InChI is InChI=1S/C19H17N5O2/c1-14(26-17-6-3-15(11-20)4-7-17)19(25)22-13-16-5-8-18(21-12-16)24-10-2-9-23-24/h2-10,12,14H,13H2,1H3,(H,22,25)/t14-/m0/s1. The minimum atomic E-state index is -0.653. The van der Waals surface area contributed by atoms with Gasteiger partial charge in [0, 0.05) is 25.1 Å². The number of nitrogens with one attached hydrogen (secondary N) is 1. The predicted octanol–water partition coefficient (Wildman–Crippen LogP) is 2.22. The fourth-order valence-electron chi connectivity index (χ4n) is 2.26. The van der Waals surface area contributed by atoms with E-state index in [1.165, 1.54) is 0 Å². The van der Waals surface area contributed by atoms with Gasteiger partial charge in [-0.25, -0.2) is 9.67 Å². The maximum absolute atomic E-state index is 12.2. The van der Waals surface area contributed by atoms with Crippen LogP contribution in [0.25, 0.3) is 5.82 Å². The average molecular weight is 347 g/mol. The highest BCUT2D eigenvalue weighted by Gasteiger charge is 2.14. The van der Waals surface area contributed by atoms with Gasteiger partial charge in [-0.2, -0.15) is 10.4 Å². The maximum Gasteiger partial charge on any atom is 0.261 e. The molecule has 0 aliphatic carbocycles. The Morgan fingerprint density at radius 2 is 2.12 bits per heavy atom. The van der Waals surface area contributed by atoms with Gasteiger partial charge in [0.1, 0.15) is 5.75 Å². The molecule has 0 aliphatic heterocycles. The van der Waals surface area contributed by atoms with Crippen molar-refractivity contribution in [2.75, 3.05) is 0 Å². The smallest absolute Gasteiger partial charge is 0.261 e. The van der Waals surface area contributed by atoms with Gasteiger partial charge < -0.3 is 10.1 Å². The summed E-state index contributed by atoms with van der Waals surface area (Å²) in [5.74, 6) is 1.02. The fraction of sp³-hybridized carbons (Fsp3) is 0.158. The summed E-state index contributed by atoms with van der Waals surface area (Å²) in [7, 11) is 0. The van der Waals surface area contributed by atoms with Gasteiger partial charge in [-0.05, 0) is 48.9 Å². The van der Waals surface area contributed by atoms with E-state index in [0.29, 0.717) is 23.7 Å². The van der Waals surface area contributed by atoms with Crippen LogP contribution < -0.4 is 10.1 Å². The van der Waals surface area contributed by atoms with Crippen LogP contribution in [0.4, 0.5) is 0 Å². The minimum absolute atomic E-state index is 0.231. The van der Waals surface area contributed by atoms with Crippen molar-refractivity contribution in [3.63, 3.8) is 0 Å². The van der Waals surface area contributed by atoms with Crippen LogP contribution in [0.15, 0.2) is 61.1 Å². The van der Waals surface area contributed by atoms with Gasteiger partial charge in [0.25, 0.3) is 5.91 Å². The molecule has 0 saturated heterocycles. The summed E-state index contributed by atoms with van der Waals surface area (Å²) in [5.41, 5.74) is 1.42. The molecule has 3 aromatic rings. The summed E-state index contributed by atoms with van der Waals surface area (Å²) in [6.45, 7) is 2.03. The number of ether oxygens (including phenoxy) is 1. The Morgan fingerprint density at radius 3 is 2.73 bits per heavy atom. The van der Waals surface area contributed by atoms with Crippen molar-refractivity contribution < 1.29 is 9.53 Å². The number of carbonyl (C=O) groups excluding carboxylic acids is 1. The van der Waals surface area contributed by atoms with E-state index in [9.17, 15) is 4.79 Å². The van der Waals surface area contributed by atoms with Crippen LogP contribution in [-0.2, 0) is 11.3 Å². The molecule has 0 bridgehead atoms. The van der Waals surface area contributed by atoms with Crippen molar-refractivity contribution in [3.8, 4) is 17.6 Å². The second kappa shape index (κ2) is 7.94. The topological polar surface area (TPSA) is 92.8 Å². The number of hydrogen-bond donors (Lipinski definition) is 1. The van der Waals surface area contributed by atoms with Crippen LogP contribution in [0.3, 0.4) is 0 Å². The van der Waals surface area contributed by atoms with Crippen LogP contribution >= 0.6 is 0 Å². The summed E-state index contributed by atoms with van der Waals surface area (Å²) in [6.07, 6.45) is 4.54. The third kappa shape index (κ3) is 4.24. The van der Waals surface area contributed by atoms with Crippen molar-refractivity contribution in [2.24, 2.45) is 0 Å². The monoisotopic (exact) mass is 347 g/mol. The van der Waals surface area contributed by atoms with E-state index in [2.05, 4.69) is 15.4 Å². The van der Waals surface area contributed by atoms with Crippen LogP contribution in [-0.4, -0.2) is 26.8 Å². The van der Waals surface area contributed by atoms with Crippen molar-refractivity contribution in [2.45, 2.75) is 19.6 Å². The van der Waals surface area contributed by atoms with E-state index in [1.54, 1.807) is 48.3 Å². The molecule has 130 valence electrons. The van der Waals surface area contributed by atoms with Crippen LogP contribution in [0, 0.1) is 11.3 Å². The van der Waals surface area contributed by atoms with Crippen molar-refractivity contribution >= 4 is 5.91 Å². The lowest BCUT2D eigenvalue weighted by molar-refractivity contribution is -0.127. The largest absolute Gasteiger partial charge is 0.481 e. The summed E-state index contributed by atoms with van der Waals surface area (Å²) in [6, 6.07) is 14.2. The van der Waals surface area contributed by atoms with Crippen molar-refractivity contribution in [1.29, 1.82) is 5.26 Å². The van der Waals surface area contributed by atoms with E-state index in [1.807, 2.05) is 30.5 Å². The number of benzene rings is 1. The third-order valence-corrected chi connectivity index (χ3v) is 3.68. The quantitative estimate of drug-likeness (QED) is 0.738. The normalized spacial score (nSPS) is 11.4. The molecule has 1 atom stereocenters. The predicted molar refractivity (Wildman–Crippen MR) is 94.5 cm³/mol. The lowest BCUT2D eigenvalue weighted by Gasteiger charge is -2.14. The van der Waals surface area contributed by atoms with Gasteiger partial charge >= 0.3 is 0 Å². The lowest BCUT2D eigenvalue weighted by atomic mass is 10.2. The van der Waals surface area contributed by atoms with Gasteiger partial charge in [-0.3, -0.25) is 4.79 Å². The van der Waals surface area contributed by atoms with E-state index < -0.39 is 6.10 Å². The first-order valence-corrected chi connectivity index (χ1v) is 8.05. The second-order valence-electron chi connectivity index (χ2n) is 5.59. The molecule has 3 rings (SSSR count). The first-order valence-electron chi connectivity index (χ1n) is 8.05. The molecule has 26 heavy (non-hydrogen) atoms. The van der Waals surface area contributed by atoms with E-state index in [0.717, 1.165) is 5.56 Å². The first kappa shape index (κ1) is 17.2. The van der Waals surface area contributed by atoms with Gasteiger partial charge in [-0.15, -0.1) is 0 Å². The van der Waals surface area contributed by atoms with E-state index >= 15 is 0 Å². The zero-order valence-electron chi connectivity index (χ0n) is 14.2. The van der Waals surface area contributed by atoms with Crippen molar-refractivity contribution in [1.82, 2.24) is 20.1 Å². The maximum atomic E-state index is 12.2. The fourth-order valence-corrected chi connectivity index (χ4v) is 2.26. The number of nitrogens with zero attached hydrogens (tertiary/aromatic N) is 4. The molecule has 0 saturated carbocycles. The molecule has 2 heterocycles. The first-order chi connectivity index (χ1) is 12.7. The Kier molecular flexibility index (Phi) is 5.25. The van der Waals surface area contributed by atoms with Gasteiger partial charge in [0.15, 0.2) is 11.9 Å². The summed E-state index contributed by atoms with van der Waals surface area (Å²) < 4.78 is 7.25. The Balaban J connectivity index is 1.52. The highest BCUT2D eigenvalue weighted by molar-refractivity contribution is 5.80. The highest BCUT2D eigenvalue weighted by Crippen LogP contribution is 2.13. The Bertz CT molecular complexity index is 897. The number of aromatic nitrogens is 3. The molecule has 0 unspecified atom stereocenters. The number of amides is 1. The molecule has 7 heteroatoms. The zero-order chi connectivity index (χ0) is 18.4. The summed E-state index contributed by atoms with van der Waals surface area (Å²) >= 11 is 0. The molecule has 0 radical (unpaired) electrons. The molecule has 1 amide bonds.